The Kier molecular flexibility index (Phi) is 4.87. The molecular weight excluding hydrogens is 318 g/mol. The van der Waals surface area contributed by atoms with Crippen LogP contribution in [-0.4, -0.2) is 53.4 Å². The van der Waals surface area contributed by atoms with Gasteiger partial charge in [-0.05, 0) is 19.8 Å². The number of piperidine rings is 1. The second-order valence-corrected chi connectivity index (χ2v) is 7.63. The van der Waals surface area contributed by atoms with Gasteiger partial charge in [-0.25, -0.2) is 9.67 Å². The van der Waals surface area contributed by atoms with Crippen LogP contribution in [0.2, 0.25) is 0 Å². The summed E-state index contributed by atoms with van der Waals surface area (Å²) < 4.78 is 3.93. The molecule has 0 unspecified atom stereocenters. The van der Waals surface area contributed by atoms with Crippen molar-refractivity contribution < 1.29 is 4.79 Å². The Bertz CT molecular complexity index is 706. The zero-order valence-electron chi connectivity index (χ0n) is 15.5. The average Bonchev–Trinajstić information content (AvgIpc) is 3.23. The van der Waals surface area contributed by atoms with E-state index in [-0.39, 0.29) is 11.3 Å². The van der Waals surface area contributed by atoms with Crippen molar-refractivity contribution in [3.05, 3.63) is 24.3 Å². The van der Waals surface area contributed by atoms with Crippen molar-refractivity contribution in [1.29, 1.82) is 0 Å². The van der Waals surface area contributed by atoms with Gasteiger partial charge in [-0.15, -0.1) is 10.2 Å². The molecular formula is C17H27N7O. The van der Waals surface area contributed by atoms with Crippen molar-refractivity contribution in [3.8, 4) is 0 Å². The summed E-state index contributed by atoms with van der Waals surface area (Å²) in [7, 11) is 0. The lowest BCUT2D eigenvalue weighted by molar-refractivity contribution is -0.140. The van der Waals surface area contributed by atoms with Gasteiger partial charge in [-0.3, -0.25) is 4.79 Å². The molecule has 25 heavy (non-hydrogen) atoms. The first kappa shape index (κ1) is 17.6. The molecule has 0 saturated carbocycles. The highest BCUT2D eigenvalue weighted by molar-refractivity contribution is 5.81. The molecule has 1 aliphatic heterocycles. The van der Waals surface area contributed by atoms with Gasteiger partial charge in [-0.2, -0.15) is 5.10 Å². The zero-order chi connectivity index (χ0) is 18.0. The van der Waals surface area contributed by atoms with E-state index in [0.717, 1.165) is 44.1 Å². The van der Waals surface area contributed by atoms with E-state index >= 15 is 0 Å². The molecule has 1 fully saturated rings. The minimum Gasteiger partial charge on any atom is -0.342 e. The lowest BCUT2D eigenvalue weighted by Gasteiger charge is -2.35. The summed E-state index contributed by atoms with van der Waals surface area (Å²) in [6.07, 6.45) is 5.08. The smallest absolute Gasteiger partial charge is 0.227 e. The third kappa shape index (κ3) is 3.72. The first-order valence-electron chi connectivity index (χ1n) is 8.94. The Hall–Kier alpha value is -2.25. The quantitative estimate of drug-likeness (QED) is 0.842. The van der Waals surface area contributed by atoms with Gasteiger partial charge in [0.2, 0.25) is 5.91 Å². The first-order chi connectivity index (χ1) is 11.9. The second kappa shape index (κ2) is 6.93. The minimum absolute atomic E-state index is 0.231. The van der Waals surface area contributed by atoms with E-state index in [9.17, 15) is 4.79 Å². The normalized spacial score (nSPS) is 16.4. The van der Waals surface area contributed by atoms with Crippen molar-refractivity contribution in [1.82, 2.24) is 34.4 Å². The molecule has 1 amide bonds. The summed E-state index contributed by atoms with van der Waals surface area (Å²) in [6, 6.07) is 0. The lowest BCUT2D eigenvalue weighted by atomic mass is 9.90. The Morgan fingerprint density at radius 3 is 2.52 bits per heavy atom. The lowest BCUT2D eigenvalue weighted by Crippen LogP contribution is -2.44. The number of hydrogen-bond donors (Lipinski definition) is 0. The Labute approximate surface area is 148 Å². The molecule has 136 valence electrons. The highest BCUT2D eigenvalue weighted by Gasteiger charge is 2.32. The van der Waals surface area contributed by atoms with Crippen molar-refractivity contribution in [2.45, 2.75) is 59.5 Å². The Morgan fingerprint density at radius 1 is 1.24 bits per heavy atom. The number of nitrogens with zero attached hydrogens (tertiary/aromatic N) is 7. The van der Waals surface area contributed by atoms with Crippen LogP contribution in [-0.2, 0) is 17.9 Å². The third-order valence-corrected chi connectivity index (χ3v) is 4.73. The molecule has 2 aromatic rings. The van der Waals surface area contributed by atoms with E-state index in [1.54, 1.807) is 11.0 Å². The number of rotatable bonds is 4. The predicted octanol–water partition coefficient (Wildman–Crippen LogP) is 1.69. The summed E-state index contributed by atoms with van der Waals surface area (Å²) in [6.45, 7) is 11.0. The van der Waals surface area contributed by atoms with Crippen LogP contribution in [0.25, 0.3) is 0 Å². The van der Waals surface area contributed by atoms with Gasteiger partial charge in [-0.1, -0.05) is 20.8 Å². The van der Waals surface area contributed by atoms with Gasteiger partial charge in [0.15, 0.2) is 5.82 Å². The number of amides is 1. The average molecular weight is 345 g/mol. The second-order valence-electron chi connectivity index (χ2n) is 7.63. The Morgan fingerprint density at radius 2 is 1.96 bits per heavy atom. The van der Waals surface area contributed by atoms with Gasteiger partial charge in [0, 0.05) is 31.0 Å². The van der Waals surface area contributed by atoms with E-state index in [2.05, 4.69) is 31.8 Å². The molecule has 0 atom stereocenters. The van der Waals surface area contributed by atoms with E-state index in [4.69, 9.17) is 0 Å². The summed E-state index contributed by atoms with van der Waals surface area (Å²) in [5, 5.41) is 13.0. The van der Waals surface area contributed by atoms with Crippen LogP contribution < -0.4 is 0 Å². The van der Waals surface area contributed by atoms with Crippen molar-refractivity contribution in [3.63, 3.8) is 0 Å². The van der Waals surface area contributed by atoms with Crippen LogP contribution in [0.1, 0.15) is 58.1 Å². The van der Waals surface area contributed by atoms with E-state index in [0.29, 0.717) is 12.5 Å². The molecule has 1 aliphatic rings. The SMILES string of the molecule is CCn1c(Cn2cncn2)nnc1C1CCN(C(=O)C(C)(C)C)CC1. The number of carbonyl (C=O) groups excluding carboxylic acids is 1. The topological polar surface area (TPSA) is 81.7 Å². The van der Waals surface area contributed by atoms with Crippen LogP contribution in [0.3, 0.4) is 0 Å². The van der Waals surface area contributed by atoms with Crippen molar-refractivity contribution in [2.75, 3.05) is 13.1 Å². The maximum atomic E-state index is 12.4. The highest BCUT2D eigenvalue weighted by atomic mass is 16.2. The van der Waals surface area contributed by atoms with Gasteiger partial charge >= 0.3 is 0 Å². The summed E-state index contributed by atoms with van der Waals surface area (Å²) in [5.41, 5.74) is -0.318. The third-order valence-electron chi connectivity index (χ3n) is 4.73. The van der Waals surface area contributed by atoms with Crippen LogP contribution in [0.4, 0.5) is 0 Å². The van der Waals surface area contributed by atoms with Gasteiger partial charge in [0.05, 0.1) is 0 Å². The summed E-state index contributed by atoms with van der Waals surface area (Å²) >= 11 is 0. The molecule has 0 spiro atoms. The fourth-order valence-electron chi connectivity index (χ4n) is 3.39. The number of aromatic nitrogens is 6. The zero-order valence-corrected chi connectivity index (χ0v) is 15.5. The van der Waals surface area contributed by atoms with Gasteiger partial charge in [0.1, 0.15) is 25.0 Å². The molecule has 3 rings (SSSR count). The first-order valence-corrected chi connectivity index (χ1v) is 8.94. The van der Waals surface area contributed by atoms with Crippen LogP contribution in [0, 0.1) is 5.41 Å². The minimum atomic E-state index is -0.318. The monoisotopic (exact) mass is 345 g/mol. The fourth-order valence-corrected chi connectivity index (χ4v) is 3.39. The Balaban J connectivity index is 1.69. The molecule has 0 bridgehead atoms. The standard InChI is InChI=1S/C17H27N7O/c1-5-24-14(10-23-12-18-11-19-23)20-21-15(24)13-6-8-22(9-7-13)16(25)17(2,3)4/h11-13H,5-10H2,1-4H3. The summed E-state index contributed by atoms with van der Waals surface area (Å²) in [5.74, 6) is 2.51. The fraction of sp³-hybridized carbons (Fsp3) is 0.706. The van der Waals surface area contributed by atoms with E-state index < -0.39 is 0 Å². The number of carbonyl (C=O) groups is 1. The molecule has 0 radical (unpaired) electrons. The van der Waals surface area contributed by atoms with Crippen LogP contribution >= 0.6 is 0 Å². The van der Waals surface area contributed by atoms with E-state index in [1.165, 1.54) is 6.33 Å². The predicted molar refractivity (Wildman–Crippen MR) is 92.8 cm³/mol. The van der Waals surface area contributed by atoms with Crippen molar-refractivity contribution in [2.24, 2.45) is 5.41 Å². The van der Waals surface area contributed by atoms with Crippen LogP contribution in [0.5, 0.6) is 0 Å². The maximum absolute atomic E-state index is 12.4. The molecule has 8 heteroatoms. The maximum Gasteiger partial charge on any atom is 0.227 e. The molecule has 1 saturated heterocycles. The van der Waals surface area contributed by atoms with Gasteiger partial charge in [0.25, 0.3) is 0 Å². The summed E-state index contributed by atoms with van der Waals surface area (Å²) in [4.78, 5) is 18.4. The van der Waals surface area contributed by atoms with Crippen molar-refractivity contribution >= 4 is 5.91 Å². The number of likely N-dealkylation sites (tertiary alicyclic amines) is 1. The highest BCUT2D eigenvalue weighted by Crippen LogP contribution is 2.29. The molecule has 0 aromatic carbocycles. The molecule has 8 nitrogen and oxygen atoms in total. The molecule has 0 aliphatic carbocycles. The molecule has 0 N–H and O–H groups in total. The molecule has 3 heterocycles. The van der Waals surface area contributed by atoms with Gasteiger partial charge < -0.3 is 9.47 Å². The largest absolute Gasteiger partial charge is 0.342 e. The van der Waals surface area contributed by atoms with E-state index in [1.807, 2.05) is 25.7 Å². The molecule has 2 aromatic heterocycles. The van der Waals surface area contributed by atoms with Crippen LogP contribution in [0.15, 0.2) is 12.7 Å². The number of hydrogen-bond acceptors (Lipinski definition) is 5.